The van der Waals surface area contributed by atoms with E-state index in [2.05, 4.69) is 32.6 Å². The lowest BCUT2D eigenvalue weighted by Crippen LogP contribution is -2.36. The summed E-state index contributed by atoms with van der Waals surface area (Å²) in [6, 6.07) is 2.35. The molecule has 0 fully saturated rings. The van der Waals surface area contributed by atoms with Crippen LogP contribution in [-0.2, 0) is 0 Å². The molecule has 2 N–H and O–H groups in total. The van der Waals surface area contributed by atoms with Gasteiger partial charge < -0.3 is 10.2 Å². The Morgan fingerprint density at radius 1 is 0.913 bits per heavy atom. The standard InChI is InChI=1S/C20H39NOSi/c1-5-6-7-8-9-10-11-12-13-14-15-19(21)18-16-20(22-17-18)23(2,3)4/h16-17,19H,5-15,21H2,1-4H3. The molecule has 0 aliphatic carbocycles. The summed E-state index contributed by atoms with van der Waals surface area (Å²) in [6.45, 7) is 9.20. The van der Waals surface area contributed by atoms with Crippen molar-refractivity contribution in [1.29, 1.82) is 0 Å². The van der Waals surface area contributed by atoms with Crippen molar-refractivity contribution in [3.63, 3.8) is 0 Å². The first-order valence-electron chi connectivity index (χ1n) is 9.79. The second-order valence-electron chi connectivity index (χ2n) is 8.07. The molecule has 0 amide bonds. The summed E-state index contributed by atoms with van der Waals surface area (Å²) in [6.07, 6.45) is 16.7. The van der Waals surface area contributed by atoms with Crippen LogP contribution >= 0.6 is 0 Å². The van der Waals surface area contributed by atoms with Crippen LogP contribution < -0.4 is 11.1 Å². The SMILES string of the molecule is CCCCCCCCCCCCC(N)c1coc([Si](C)(C)C)c1. The maximum atomic E-state index is 6.32. The second kappa shape index (κ2) is 11.1. The summed E-state index contributed by atoms with van der Waals surface area (Å²) in [5, 5.41) is 1.17. The van der Waals surface area contributed by atoms with Gasteiger partial charge in [-0.3, -0.25) is 0 Å². The van der Waals surface area contributed by atoms with Gasteiger partial charge in [0.2, 0.25) is 0 Å². The Kier molecular flexibility index (Phi) is 9.88. The minimum absolute atomic E-state index is 0.151. The average Bonchev–Trinajstić information content (AvgIpc) is 2.99. The zero-order chi connectivity index (χ0) is 17.1. The lowest BCUT2D eigenvalue weighted by molar-refractivity contribution is 0.524. The van der Waals surface area contributed by atoms with Crippen molar-refractivity contribution in [2.75, 3.05) is 0 Å². The van der Waals surface area contributed by atoms with Crippen molar-refractivity contribution in [3.8, 4) is 0 Å². The number of hydrogen-bond donors (Lipinski definition) is 1. The van der Waals surface area contributed by atoms with Gasteiger partial charge in [-0.1, -0.05) is 90.8 Å². The van der Waals surface area contributed by atoms with E-state index in [9.17, 15) is 0 Å². The Morgan fingerprint density at radius 3 is 1.91 bits per heavy atom. The molecule has 0 bridgehead atoms. The van der Waals surface area contributed by atoms with Gasteiger partial charge in [-0.2, -0.15) is 0 Å². The molecular weight excluding hydrogens is 298 g/mol. The molecular formula is C20H39NOSi. The lowest BCUT2D eigenvalue weighted by Gasteiger charge is -2.11. The monoisotopic (exact) mass is 337 g/mol. The van der Waals surface area contributed by atoms with Crippen LogP contribution in [0.4, 0.5) is 0 Å². The summed E-state index contributed by atoms with van der Waals surface area (Å²) >= 11 is 0. The van der Waals surface area contributed by atoms with Gasteiger partial charge in [0.25, 0.3) is 0 Å². The second-order valence-corrected chi connectivity index (χ2v) is 13.1. The third-order valence-electron chi connectivity index (χ3n) is 4.66. The summed E-state index contributed by atoms with van der Waals surface area (Å²) in [7, 11) is -1.35. The summed E-state index contributed by atoms with van der Waals surface area (Å²) in [4.78, 5) is 0. The zero-order valence-electron chi connectivity index (χ0n) is 16.0. The average molecular weight is 338 g/mol. The number of unbranched alkanes of at least 4 members (excludes halogenated alkanes) is 9. The molecule has 134 valence electrons. The summed E-state index contributed by atoms with van der Waals surface area (Å²) in [5.74, 6) is 0. The molecule has 0 aliphatic heterocycles. The molecule has 23 heavy (non-hydrogen) atoms. The maximum absolute atomic E-state index is 6.32. The van der Waals surface area contributed by atoms with Gasteiger partial charge in [0, 0.05) is 11.6 Å². The molecule has 1 atom stereocenters. The van der Waals surface area contributed by atoms with E-state index in [4.69, 9.17) is 10.2 Å². The van der Waals surface area contributed by atoms with Crippen molar-refractivity contribution in [2.45, 2.75) is 103 Å². The van der Waals surface area contributed by atoms with Crippen LogP contribution in [0.25, 0.3) is 0 Å². The van der Waals surface area contributed by atoms with Gasteiger partial charge in [0.1, 0.15) is 8.07 Å². The molecule has 0 spiro atoms. The third kappa shape index (κ3) is 8.76. The van der Waals surface area contributed by atoms with Crippen molar-refractivity contribution in [3.05, 3.63) is 17.9 Å². The van der Waals surface area contributed by atoms with E-state index in [0.717, 1.165) is 6.42 Å². The van der Waals surface area contributed by atoms with Crippen molar-refractivity contribution >= 4 is 13.5 Å². The van der Waals surface area contributed by atoms with E-state index < -0.39 is 8.07 Å². The maximum Gasteiger partial charge on any atom is 0.123 e. The highest BCUT2D eigenvalue weighted by Crippen LogP contribution is 2.19. The predicted octanol–water partition coefficient (Wildman–Crippen LogP) is 6.14. The van der Waals surface area contributed by atoms with Crippen LogP contribution in [0.3, 0.4) is 0 Å². The van der Waals surface area contributed by atoms with Crippen LogP contribution in [0.5, 0.6) is 0 Å². The minimum atomic E-state index is -1.35. The van der Waals surface area contributed by atoms with E-state index in [1.807, 2.05) is 6.26 Å². The van der Waals surface area contributed by atoms with Gasteiger partial charge in [0.05, 0.1) is 11.6 Å². The van der Waals surface area contributed by atoms with Gasteiger partial charge in [-0.25, -0.2) is 0 Å². The van der Waals surface area contributed by atoms with Gasteiger partial charge >= 0.3 is 0 Å². The lowest BCUT2D eigenvalue weighted by atomic mass is 10.0. The molecule has 0 aromatic carbocycles. The molecule has 0 saturated heterocycles. The van der Waals surface area contributed by atoms with Gasteiger partial charge in [0.15, 0.2) is 0 Å². The van der Waals surface area contributed by atoms with Crippen LogP contribution in [0, 0.1) is 0 Å². The molecule has 2 nitrogen and oxygen atoms in total. The van der Waals surface area contributed by atoms with Crippen LogP contribution in [-0.4, -0.2) is 8.07 Å². The fourth-order valence-corrected chi connectivity index (χ4v) is 3.97. The quantitative estimate of drug-likeness (QED) is 0.347. The molecule has 1 aromatic heterocycles. The number of rotatable bonds is 13. The molecule has 1 aromatic rings. The minimum Gasteiger partial charge on any atom is -0.474 e. The molecule has 1 unspecified atom stereocenters. The van der Waals surface area contributed by atoms with E-state index in [1.54, 1.807) is 0 Å². The van der Waals surface area contributed by atoms with Gasteiger partial charge in [-0.15, -0.1) is 0 Å². The van der Waals surface area contributed by atoms with Crippen molar-refractivity contribution < 1.29 is 4.42 Å². The highest BCUT2D eigenvalue weighted by Gasteiger charge is 2.22. The zero-order valence-corrected chi connectivity index (χ0v) is 17.0. The molecule has 0 saturated carbocycles. The summed E-state index contributed by atoms with van der Waals surface area (Å²) < 4.78 is 5.73. The Hall–Kier alpha value is -0.543. The molecule has 1 rings (SSSR count). The first-order chi connectivity index (χ1) is 10.9. The Labute approximate surface area is 145 Å². The third-order valence-corrected chi connectivity index (χ3v) is 6.40. The fourth-order valence-electron chi connectivity index (χ4n) is 2.96. The molecule has 1 heterocycles. The highest BCUT2D eigenvalue weighted by atomic mass is 28.3. The van der Waals surface area contributed by atoms with Crippen molar-refractivity contribution in [1.82, 2.24) is 0 Å². The summed E-state index contributed by atoms with van der Waals surface area (Å²) in [5.41, 5.74) is 7.51. The normalized spacial score (nSPS) is 13.4. The Morgan fingerprint density at radius 2 is 1.43 bits per heavy atom. The van der Waals surface area contributed by atoms with E-state index in [-0.39, 0.29) is 6.04 Å². The number of nitrogens with two attached hydrogens (primary N) is 1. The van der Waals surface area contributed by atoms with E-state index >= 15 is 0 Å². The first kappa shape index (κ1) is 20.5. The molecule has 0 radical (unpaired) electrons. The first-order valence-corrected chi connectivity index (χ1v) is 13.3. The molecule has 3 heteroatoms. The number of furan rings is 1. The van der Waals surface area contributed by atoms with E-state index in [0.29, 0.717) is 0 Å². The highest BCUT2D eigenvalue weighted by molar-refractivity contribution is 6.87. The smallest absolute Gasteiger partial charge is 0.123 e. The fraction of sp³-hybridized carbons (Fsp3) is 0.800. The Balaban J connectivity index is 2.06. The topological polar surface area (TPSA) is 39.2 Å². The van der Waals surface area contributed by atoms with Crippen molar-refractivity contribution in [2.24, 2.45) is 5.73 Å². The van der Waals surface area contributed by atoms with Gasteiger partial charge in [-0.05, 0) is 12.5 Å². The van der Waals surface area contributed by atoms with Crippen LogP contribution in [0.2, 0.25) is 19.6 Å². The largest absolute Gasteiger partial charge is 0.474 e. The number of hydrogen-bond acceptors (Lipinski definition) is 2. The van der Waals surface area contributed by atoms with Crippen LogP contribution in [0.15, 0.2) is 16.7 Å². The molecule has 0 aliphatic rings. The predicted molar refractivity (Wildman–Crippen MR) is 105 cm³/mol. The Bertz CT molecular complexity index is 408. The van der Waals surface area contributed by atoms with Crippen LogP contribution in [0.1, 0.15) is 89.2 Å². The van der Waals surface area contributed by atoms with E-state index in [1.165, 1.54) is 75.2 Å².